The molecule has 0 saturated carbocycles. The van der Waals surface area contributed by atoms with Crippen LogP contribution in [0.5, 0.6) is 0 Å². The summed E-state index contributed by atoms with van der Waals surface area (Å²) in [7, 11) is 1.74. The molecule has 0 aliphatic carbocycles. The van der Waals surface area contributed by atoms with Crippen molar-refractivity contribution in [3.05, 3.63) is 0 Å². The highest BCUT2D eigenvalue weighted by Crippen LogP contribution is 2.24. The highest BCUT2D eigenvalue weighted by atomic mass is 16.5. The smallest absolute Gasteiger partial charge is 0.0615 e. The fraction of sp³-hybridized carbons (Fsp3) is 1.00. The lowest BCUT2D eigenvalue weighted by atomic mass is 9.83. The van der Waals surface area contributed by atoms with Crippen LogP contribution in [0.25, 0.3) is 0 Å². The van der Waals surface area contributed by atoms with Crippen LogP contribution in [0.15, 0.2) is 0 Å². The molecule has 3 nitrogen and oxygen atoms in total. The van der Waals surface area contributed by atoms with Crippen LogP contribution in [0.2, 0.25) is 0 Å². The fourth-order valence-corrected chi connectivity index (χ4v) is 1.93. The molecule has 16 heavy (non-hydrogen) atoms. The van der Waals surface area contributed by atoms with E-state index in [4.69, 9.17) is 4.74 Å². The van der Waals surface area contributed by atoms with Crippen LogP contribution < -0.4 is 5.32 Å². The van der Waals surface area contributed by atoms with Gasteiger partial charge in [0.05, 0.1) is 6.61 Å². The lowest BCUT2D eigenvalue weighted by Gasteiger charge is -2.32. The maximum Gasteiger partial charge on any atom is 0.0615 e. The van der Waals surface area contributed by atoms with Crippen LogP contribution in [0, 0.1) is 5.41 Å². The minimum absolute atomic E-state index is 0.0414. The van der Waals surface area contributed by atoms with Gasteiger partial charge in [0.2, 0.25) is 0 Å². The molecular weight excluding hydrogens is 202 g/mol. The normalized spacial score (nSPS) is 14.1. The third kappa shape index (κ3) is 5.28. The fourth-order valence-electron chi connectivity index (χ4n) is 1.93. The zero-order valence-electron chi connectivity index (χ0n) is 11.4. The molecule has 2 N–H and O–H groups in total. The Morgan fingerprint density at radius 1 is 1.25 bits per heavy atom. The second kappa shape index (κ2) is 8.97. The number of hydrogen-bond acceptors (Lipinski definition) is 3. The molecule has 0 saturated heterocycles. The highest BCUT2D eigenvalue weighted by molar-refractivity contribution is 4.80. The van der Waals surface area contributed by atoms with Gasteiger partial charge < -0.3 is 15.2 Å². The third-order valence-electron chi connectivity index (χ3n) is 3.61. The zero-order valence-corrected chi connectivity index (χ0v) is 11.4. The van der Waals surface area contributed by atoms with E-state index in [1.807, 2.05) is 0 Å². The van der Waals surface area contributed by atoms with Crippen LogP contribution >= 0.6 is 0 Å². The Labute approximate surface area is 101 Å². The summed E-state index contributed by atoms with van der Waals surface area (Å²) in [6.45, 7) is 8.37. The largest absolute Gasteiger partial charge is 0.396 e. The van der Waals surface area contributed by atoms with Gasteiger partial charge in [-0.1, -0.05) is 27.2 Å². The molecule has 0 aliphatic heterocycles. The molecule has 1 atom stereocenters. The third-order valence-corrected chi connectivity index (χ3v) is 3.61. The van der Waals surface area contributed by atoms with Gasteiger partial charge in [0, 0.05) is 31.7 Å². The molecule has 98 valence electrons. The zero-order chi connectivity index (χ0) is 12.4. The number of aliphatic hydroxyl groups excluding tert-OH is 1. The van der Waals surface area contributed by atoms with Crippen LogP contribution in [0.3, 0.4) is 0 Å². The molecule has 0 aromatic rings. The molecule has 0 bridgehead atoms. The van der Waals surface area contributed by atoms with Crippen LogP contribution in [0.4, 0.5) is 0 Å². The summed E-state index contributed by atoms with van der Waals surface area (Å²) in [6.07, 6.45) is 4.31. The van der Waals surface area contributed by atoms with Crippen LogP contribution in [-0.4, -0.2) is 38.0 Å². The first-order valence-corrected chi connectivity index (χ1v) is 6.51. The Hall–Kier alpha value is -0.120. The lowest BCUT2D eigenvalue weighted by molar-refractivity contribution is 0.0978. The van der Waals surface area contributed by atoms with Crippen molar-refractivity contribution in [3.63, 3.8) is 0 Å². The van der Waals surface area contributed by atoms with Crippen molar-refractivity contribution in [2.24, 2.45) is 5.41 Å². The molecule has 0 aromatic heterocycles. The summed E-state index contributed by atoms with van der Waals surface area (Å²) in [5.74, 6) is 0. The first-order valence-electron chi connectivity index (χ1n) is 6.51. The summed E-state index contributed by atoms with van der Waals surface area (Å²) in [5.41, 5.74) is 0.0414. The maximum absolute atomic E-state index is 9.48. The molecule has 0 aliphatic rings. The number of aliphatic hydroxyl groups is 1. The van der Waals surface area contributed by atoms with E-state index in [-0.39, 0.29) is 12.0 Å². The predicted molar refractivity (Wildman–Crippen MR) is 68.7 cm³/mol. The molecule has 0 radical (unpaired) electrons. The maximum atomic E-state index is 9.48. The molecular formula is C13H29NO2. The highest BCUT2D eigenvalue weighted by Gasteiger charge is 2.25. The minimum atomic E-state index is 0.0414. The number of rotatable bonds is 10. The molecule has 0 aromatic carbocycles. The van der Waals surface area contributed by atoms with Crippen LogP contribution in [0.1, 0.15) is 46.5 Å². The van der Waals surface area contributed by atoms with E-state index < -0.39 is 0 Å². The van der Waals surface area contributed by atoms with Crippen molar-refractivity contribution in [2.45, 2.75) is 52.5 Å². The average molecular weight is 231 g/mol. The molecule has 0 fully saturated rings. The van der Waals surface area contributed by atoms with Crippen molar-refractivity contribution in [2.75, 3.05) is 26.9 Å². The number of ether oxygens (including phenoxy) is 1. The Balaban J connectivity index is 4.13. The summed E-state index contributed by atoms with van der Waals surface area (Å²) in [6, 6.07) is 0.416. The van der Waals surface area contributed by atoms with E-state index in [1.54, 1.807) is 7.11 Å². The molecule has 0 spiro atoms. The average Bonchev–Trinajstić information content (AvgIpc) is 2.32. The van der Waals surface area contributed by atoms with Gasteiger partial charge in [0.15, 0.2) is 0 Å². The Morgan fingerprint density at radius 3 is 2.25 bits per heavy atom. The predicted octanol–water partition coefficient (Wildman–Crippen LogP) is 2.19. The van der Waals surface area contributed by atoms with Gasteiger partial charge in [-0.05, 0) is 19.3 Å². The number of nitrogens with one attached hydrogen (secondary N) is 1. The second-order valence-corrected chi connectivity index (χ2v) is 4.69. The topological polar surface area (TPSA) is 41.5 Å². The van der Waals surface area contributed by atoms with E-state index in [9.17, 15) is 5.11 Å². The van der Waals surface area contributed by atoms with Gasteiger partial charge in [0.25, 0.3) is 0 Å². The summed E-state index contributed by atoms with van der Waals surface area (Å²) >= 11 is 0. The molecule has 0 rings (SSSR count). The van der Waals surface area contributed by atoms with Gasteiger partial charge in [-0.25, -0.2) is 0 Å². The summed E-state index contributed by atoms with van der Waals surface area (Å²) < 4.78 is 5.20. The SMILES string of the molecule is CCCC(COC)NCC(CC)(CC)CO. The standard InChI is InChI=1S/C13H29NO2/c1-5-8-12(9-16-4)14-10-13(6-2,7-3)11-15/h12,14-15H,5-11H2,1-4H3. The Morgan fingerprint density at radius 2 is 1.88 bits per heavy atom. The second-order valence-electron chi connectivity index (χ2n) is 4.69. The van der Waals surface area contributed by atoms with Crippen molar-refractivity contribution < 1.29 is 9.84 Å². The monoisotopic (exact) mass is 231 g/mol. The van der Waals surface area contributed by atoms with Crippen molar-refractivity contribution in [3.8, 4) is 0 Å². The van der Waals surface area contributed by atoms with Crippen molar-refractivity contribution in [1.29, 1.82) is 0 Å². The molecule has 3 heteroatoms. The van der Waals surface area contributed by atoms with Gasteiger partial charge in [-0.15, -0.1) is 0 Å². The van der Waals surface area contributed by atoms with E-state index in [0.29, 0.717) is 6.04 Å². The number of methoxy groups -OCH3 is 1. The van der Waals surface area contributed by atoms with E-state index in [1.165, 1.54) is 0 Å². The quantitative estimate of drug-likeness (QED) is 0.605. The van der Waals surface area contributed by atoms with Crippen LogP contribution in [-0.2, 0) is 4.74 Å². The first-order chi connectivity index (χ1) is 7.67. The van der Waals surface area contributed by atoms with Gasteiger partial charge in [0.1, 0.15) is 0 Å². The van der Waals surface area contributed by atoms with Crippen molar-refractivity contribution in [1.82, 2.24) is 5.32 Å². The van der Waals surface area contributed by atoms with Gasteiger partial charge in [-0.3, -0.25) is 0 Å². The summed E-state index contributed by atoms with van der Waals surface area (Å²) in [4.78, 5) is 0. The Kier molecular flexibility index (Phi) is 8.90. The van der Waals surface area contributed by atoms with Crippen molar-refractivity contribution >= 4 is 0 Å². The van der Waals surface area contributed by atoms with E-state index in [0.717, 1.165) is 38.8 Å². The molecule has 1 unspecified atom stereocenters. The van der Waals surface area contributed by atoms with Gasteiger partial charge >= 0.3 is 0 Å². The molecule has 0 heterocycles. The first kappa shape index (κ1) is 15.9. The van der Waals surface area contributed by atoms with E-state index >= 15 is 0 Å². The minimum Gasteiger partial charge on any atom is -0.396 e. The van der Waals surface area contributed by atoms with Gasteiger partial charge in [-0.2, -0.15) is 0 Å². The van der Waals surface area contributed by atoms with E-state index in [2.05, 4.69) is 26.1 Å². The Bertz CT molecular complexity index is 144. The number of hydrogen-bond donors (Lipinski definition) is 2. The summed E-state index contributed by atoms with van der Waals surface area (Å²) in [5, 5.41) is 13.0. The molecule has 0 amide bonds. The lowest BCUT2D eigenvalue weighted by Crippen LogP contribution is -2.43.